The van der Waals surface area contributed by atoms with Crippen LogP contribution in [0.3, 0.4) is 0 Å². The lowest BCUT2D eigenvalue weighted by molar-refractivity contribution is -0.114. The van der Waals surface area contributed by atoms with Crippen molar-refractivity contribution >= 4 is 17.7 Å². The Morgan fingerprint density at radius 3 is 1.78 bits per heavy atom. The van der Waals surface area contributed by atoms with Crippen molar-refractivity contribution in [3.05, 3.63) is 0 Å². The fourth-order valence-corrected chi connectivity index (χ4v) is 2.27. The molecule has 0 aliphatic heterocycles. The quantitative estimate of drug-likeness (QED) is 0.295. The smallest absolute Gasteiger partial charge is 0.220 e. The van der Waals surface area contributed by atoms with Gasteiger partial charge in [-0.3, -0.25) is 13.3 Å². The number of hydrogen-bond donors (Lipinski definition) is 0. The highest BCUT2D eigenvalue weighted by Crippen LogP contribution is 2.10. The van der Waals surface area contributed by atoms with Gasteiger partial charge in [0.25, 0.3) is 0 Å². The lowest BCUT2D eigenvalue weighted by atomic mass is 10.1. The second-order valence-electron chi connectivity index (χ2n) is 4.65. The van der Waals surface area contributed by atoms with Crippen LogP contribution in [0.1, 0.15) is 71.1 Å². The number of rotatable bonds is 13. The number of carbonyl (C=O) groups excluding carboxylic acids is 1. The zero-order chi connectivity index (χ0) is 13.6. The monoisotopic (exact) mass is 276 g/mol. The van der Waals surface area contributed by atoms with Gasteiger partial charge in [-0.15, -0.1) is 0 Å². The molecule has 18 heavy (non-hydrogen) atoms. The fraction of sp³-hybridized carbons (Fsp3) is 0.923. The highest BCUT2D eigenvalue weighted by molar-refractivity contribution is 7.77. The van der Waals surface area contributed by atoms with Crippen LogP contribution in [-0.2, 0) is 16.1 Å². The molecule has 5 heteroatoms. The van der Waals surface area contributed by atoms with Gasteiger partial charge >= 0.3 is 0 Å². The summed E-state index contributed by atoms with van der Waals surface area (Å²) in [6.07, 6.45) is 12.4. The first-order valence-corrected chi connectivity index (χ1v) is 8.06. The molecule has 0 fully saturated rings. The van der Waals surface area contributed by atoms with Crippen molar-refractivity contribution in [3.63, 3.8) is 0 Å². The van der Waals surface area contributed by atoms with E-state index in [1.165, 1.54) is 44.9 Å². The predicted molar refractivity (Wildman–Crippen MR) is 73.5 cm³/mol. The molecule has 1 unspecified atom stereocenters. The lowest BCUT2D eigenvalue weighted by Crippen LogP contribution is -2.25. The summed E-state index contributed by atoms with van der Waals surface area (Å²) in [5.74, 6) is 0. The van der Waals surface area contributed by atoms with Crippen molar-refractivity contribution < 1.29 is 13.6 Å². The van der Waals surface area contributed by atoms with Crippen molar-refractivity contribution in [2.45, 2.75) is 71.1 Å². The second kappa shape index (κ2) is 13.0. The molecule has 0 aliphatic carbocycles. The normalized spacial score (nSPS) is 12.3. The molecule has 0 rings (SSSR count). The zero-order valence-corrected chi connectivity index (χ0v) is 12.3. The van der Waals surface area contributed by atoms with Crippen LogP contribution in [-0.4, -0.2) is 26.0 Å². The Labute approximate surface area is 114 Å². The molecular formula is C13H26NO3S-. The van der Waals surface area contributed by atoms with Gasteiger partial charge in [-0.2, -0.15) is 0 Å². The van der Waals surface area contributed by atoms with Crippen molar-refractivity contribution in [3.8, 4) is 0 Å². The summed E-state index contributed by atoms with van der Waals surface area (Å²) in [6.45, 7) is 2.54. The number of carbonyl (C=O) groups is 1. The summed E-state index contributed by atoms with van der Waals surface area (Å²) in [7, 11) is 0. The molecular weight excluding hydrogens is 250 g/mol. The summed E-state index contributed by atoms with van der Waals surface area (Å²) in [5.41, 5.74) is 0. The van der Waals surface area contributed by atoms with Crippen LogP contribution < -0.4 is 0 Å². The minimum absolute atomic E-state index is 0.316. The average Bonchev–Trinajstić information content (AvgIpc) is 2.35. The lowest BCUT2D eigenvalue weighted by Gasteiger charge is -2.18. The summed E-state index contributed by atoms with van der Waals surface area (Å²) >= 11 is -2.40. The number of unbranched alkanes of at least 4 members (excludes halogenated alkanes) is 9. The average molecular weight is 276 g/mol. The van der Waals surface area contributed by atoms with E-state index in [9.17, 15) is 13.6 Å². The van der Waals surface area contributed by atoms with E-state index < -0.39 is 11.3 Å². The third kappa shape index (κ3) is 10.7. The molecule has 0 heterocycles. The Bertz CT molecular complexity index is 224. The maximum Gasteiger partial charge on any atom is 0.220 e. The van der Waals surface area contributed by atoms with Gasteiger partial charge in [0.15, 0.2) is 0 Å². The summed E-state index contributed by atoms with van der Waals surface area (Å²) < 4.78 is 21.8. The molecule has 1 amide bonds. The van der Waals surface area contributed by atoms with E-state index in [1.54, 1.807) is 0 Å². The maximum atomic E-state index is 10.5. The number of amides is 1. The van der Waals surface area contributed by atoms with Crippen molar-refractivity contribution in [2.24, 2.45) is 0 Å². The summed E-state index contributed by atoms with van der Waals surface area (Å²) in [6, 6.07) is 0. The Hall–Kier alpha value is -0.420. The minimum Gasteiger partial charge on any atom is -0.755 e. The third-order valence-electron chi connectivity index (χ3n) is 3.04. The number of nitrogens with zero attached hydrogens (tertiary/aromatic N) is 1. The number of hydrogen-bond acceptors (Lipinski definition) is 3. The molecule has 0 saturated heterocycles. The predicted octanol–water partition coefficient (Wildman–Crippen LogP) is 3.16. The largest absolute Gasteiger partial charge is 0.755 e. The molecule has 1 atom stereocenters. The van der Waals surface area contributed by atoms with Gasteiger partial charge < -0.3 is 4.55 Å². The highest BCUT2D eigenvalue weighted by Gasteiger charge is 2.00. The van der Waals surface area contributed by atoms with E-state index >= 15 is 0 Å². The first kappa shape index (κ1) is 17.6. The standard InChI is InChI=1S/C13H27NO3S/c1-2-3-4-5-6-7-8-9-10-11-12-14(13-15)18(16)17/h13H,2-12H2,1H3,(H,16,17)/p-1. The van der Waals surface area contributed by atoms with Crippen LogP contribution in [0, 0.1) is 0 Å². The van der Waals surface area contributed by atoms with Gasteiger partial charge in [0.05, 0.1) is 0 Å². The van der Waals surface area contributed by atoms with E-state index in [1.807, 2.05) is 0 Å². The Balaban J connectivity index is 3.20. The molecule has 4 nitrogen and oxygen atoms in total. The molecule has 0 aromatic heterocycles. The van der Waals surface area contributed by atoms with Gasteiger partial charge in [0, 0.05) is 17.8 Å². The van der Waals surface area contributed by atoms with Crippen molar-refractivity contribution in [2.75, 3.05) is 6.54 Å². The molecule has 0 saturated carbocycles. The Morgan fingerprint density at radius 2 is 1.39 bits per heavy atom. The van der Waals surface area contributed by atoms with Crippen LogP contribution in [0.5, 0.6) is 0 Å². The molecule has 0 aromatic carbocycles. The molecule has 0 N–H and O–H groups in total. The van der Waals surface area contributed by atoms with Gasteiger partial charge in [-0.05, 0) is 6.42 Å². The van der Waals surface area contributed by atoms with Gasteiger partial charge in [0.1, 0.15) is 0 Å². The molecule has 0 bridgehead atoms. The maximum absolute atomic E-state index is 10.5. The van der Waals surface area contributed by atoms with Gasteiger partial charge in [-0.1, -0.05) is 64.7 Å². The van der Waals surface area contributed by atoms with E-state index in [4.69, 9.17) is 0 Å². The molecule has 0 aromatic rings. The van der Waals surface area contributed by atoms with E-state index in [0.717, 1.165) is 23.6 Å². The molecule has 108 valence electrons. The summed E-state index contributed by atoms with van der Waals surface area (Å²) in [5, 5.41) is 0. The molecule has 0 radical (unpaired) electrons. The first-order valence-electron chi connectivity index (χ1n) is 7.03. The van der Waals surface area contributed by atoms with E-state index in [0.29, 0.717) is 13.0 Å². The minimum atomic E-state index is -2.40. The first-order chi connectivity index (χ1) is 8.72. The van der Waals surface area contributed by atoms with Gasteiger partial charge in [0.2, 0.25) is 6.41 Å². The zero-order valence-electron chi connectivity index (χ0n) is 11.4. The van der Waals surface area contributed by atoms with E-state index in [-0.39, 0.29) is 0 Å². The van der Waals surface area contributed by atoms with Crippen molar-refractivity contribution in [1.29, 1.82) is 0 Å². The fourth-order valence-electron chi connectivity index (χ4n) is 1.92. The summed E-state index contributed by atoms with van der Waals surface area (Å²) in [4.78, 5) is 10.4. The van der Waals surface area contributed by atoms with Gasteiger partial charge in [-0.25, -0.2) is 0 Å². The van der Waals surface area contributed by atoms with Crippen LogP contribution in [0.25, 0.3) is 0 Å². The third-order valence-corrected chi connectivity index (χ3v) is 3.69. The van der Waals surface area contributed by atoms with Crippen molar-refractivity contribution in [1.82, 2.24) is 4.31 Å². The van der Waals surface area contributed by atoms with Crippen LogP contribution in [0.2, 0.25) is 0 Å². The Kier molecular flexibility index (Phi) is 12.7. The van der Waals surface area contributed by atoms with Crippen LogP contribution in [0.15, 0.2) is 0 Å². The van der Waals surface area contributed by atoms with Crippen LogP contribution >= 0.6 is 0 Å². The topological polar surface area (TPSA) is 60.4 Å². The second-order valence-corrected chi connectivity index (χ2v) is 5.55. The highest BCUT2D eigenvalue weighted by atomic mass is 32.2. The van der Waals surface area contributed by atoms with E-state index in [2.05, 4.69) is 6.92 Å². The molecule has 0 aliphatic rings. The Morgan fingerprint density at radius 1 is 0.944 bits per heavy atom. The SMILES string of the molecule is CCCCCCCCCCCCN(C=O)S(=O)[O-]. The van der Waals surface area contributed by atoms with Crippen LogP contribution in [0.4, 0.5) is 0 Å². The molecule has 0 spiro atoms.